The first-order chi connectivity index (χ1) is 5.27. The van der Waals surface area contributed by atoms with E-state index >= 15 is 0 Å². The molecule has 3 nitrogen and oxygen atoms in total. The monoisotopic (exact) mass is 157 g/mol. The molecule has 0 aliphatic rings. The minimum Gasteiger partial charge on any atom is -0.345 e. The van der Waals surface area contributed by atoms with Crippen LogP contribution in [0.25, 0.3) is 0 Å². The summed E-state index contributed by atoms with van der Waals surface area (Å²) in [5.74, 6) is 0.789. The number of hydrogen-bond donors (Lipinski definition) is 2. The first-order valence-electron chi connectivity index (χ1n) is 3.53. The Bertz CT molecular complexity index is 232. The molecular formula is C7H12FN3. The lowest BCUT2D eigenvalue weighted by atomic mass is 10.4. The Morgan fingerprint density at radius 2 is 2.36 bits per heavy atom. The summed E-state index contributed by atoms with van der Waals surface area (Å²) in [4.78, 5) is 7.01. The standard InChI is InChI=1S/C7H12FN3/c1-5-6(3-8)11-7(10-5)4-9-2/h9H,3-4H2,1-2H3,(H,10,11). The van der Waals surface area contributed by atoms with Crippen molar-refractivity contribution in [3.8, 4) is 0 Å². The van der Waals surface area contributed by atoms with Gasteiger partial charge >= 0.3 is 0 Å². The number of hydrogen-bond acceptors (Lipinski definition) is 2. The summed E-state index contributed by atoms with van der Waals surface area (Å²) >= 11 is 0. The van der Waals surface area contributed by atoms with Gasteiger partial charge in [-0.05, 0) is 14.0 Å². The average Bonchev–Trinajstić information content (AvgIpc) is 2.32. The number of aromatic amines is 1. The van der Waals surface area contributed by atoms with Gasteiger partial charge in [0.25, 0.3) is 0 Å². The van der Waals surface area contributed by atoms with Crippen molar-refractivity contribution in [2.24, 2.45) is 0 Å². The molecule has 0 amide bonds. The van der Waals surface area contributed by atoms with Gasteiger partial charge in [-0.2, -0.15) is 0 Å². The zero-order chi connectivity index (χ0) is 8.27. The van der Waals surface area contributed by atoms with Gasteiger partial charge in [0.2, 0.25) is 0 Å². The highest BCUT2D eigenvalue weighted by Crippen LogP contribution is 2.05. The van der Waals surface area contributed by atoms with Gasteiger partial charge in [-0.3, -0.25) is 0 Å². The van der Waals surface area contributed by atoms with E-state index in [9.17, 15) is 4.39 Å². The van der Waals surface area contributed by atoms with Gasteiger partial charge in [-0.25, -0.2) is 9.37 Å². The number of rotatable bonds is 3. The van der Waals surface area contributed by atoms with Crippen LogP contribution in [0.4, 0.5) is 4.39 Å². The van der Waals surface area contributed by atoms with Gasteiger partial charge in [-0.1, -0.05) is 0 Å². The number of halogens is 1. The molecule has 1 heterocycles. The van der Waals surface area contributed by atoms with Crippen LogP contribution < -0.4 is 5.32 Å². The first-order valence-corrected chi connectivity index (χ1v) is 3.53. The van der Waals surface area contributed by atoms with Crippen LogP contribution in [0.2, 0.25) is 0 Å². The number of alkyl halides is 1. The molecule has 0 saturated heterocycles. The molecule has 11 heavy (non-hydrogen) atoms. The molecule has 0 aromatic carbocycles. The van der Waals surface area contributed by atoms with E-state index in [2.05, 4.69) is 15.3 Å². The van der Waals surface area contributed by atoms with E-state index < -0.39 is 6.67 Å². The summed E-state index contributed by atoms with van der Waals surface area (Å²) in [5, 5.41) is 2.93. The van der Waals surface area contributed by atoms with E-state index in [1.54, 1.807) is 0 Å². The molecule has 0 bridgehead atoms. The molecule has 0 saturated carbocycles. The van der Waals surface area contributed by atoms with E-state index in [0.29, 0.717) is 12.2 Å². The summed E-state index contributed by atoms with van der Waals surface area (Å²) < 4.78 is 12.1. The van der Waals surface area contributed by atoms with E-state index in [1.165, 1.54) is 0 Å². The van der Waals surface area contributed by atoms with Crippen molar-refractivity contribution in [1.82, 2.24) is 15.3 Å². The highest BCUT2D eigenvalue weighted by atomic mass is 19.1. The van der Waals surface area contributed by atoms with E-state index in [1.807, 2.05) is 14.0 Å². The molecule has 0 fully saturated rings. The lowest BCUT2D eigenvalue weighted by Gasteiger charge is -1.90. The first kappa shape index (κ1) is 8.20. The van der Waals surface area contributed by atoms with Crippen molar-refractivity contribution in [2.45, 2.75) is 20.1 Å². The van der Waals surface area contributed by atoms with Gasteiger partial charge in [0.1, 0.15) is 12.5 Å². The SMILES string of the molecule is CNCc1nc(CF)c(C)[nH]1. The highest BCUT2D eigenvalue weighted by Gasteiger charge is 2.03. The summed E-state index contributed by atoms with van der Waals surface area (Å²) in [6.07, 6.45) is 0. The molecule has 0 aliphatic carbocycles. The van der Waals surface area contributed by atoms with Gasteiger partial charge in [-0.15, -0.1) is 0 Å². The summed E-state index contributed by atoms with van der Waals surface area (Å²) in [7, 11) is 1.83. The molecule has 0 atom stereocenters. The van der Waals surface area contributed by atoms with Crippen molar-refractivity contribution in [3.63, 3.8) is 0 Å². The van der Waals surface area contributed by atoms with Crippen LogP contribution in [-0.4, -0.2) is 17.0 Å². The van der Waals surface area contributed by atoms with Crippen molar-refractivity contribution < 1.29 is 4.39 Å². The van der Waals surface area contributed by atoms with Crippen LogP contribution in [0.1, 0.15) is 17.2 Å². The Morgan fingerprint density at radius 3 is 2.82 bits per heavy atom. The fourth-order valence-corrected chi connectivity index (χ4v) is 0.945. The maximum atomic E-state index is 12.1. The van der Waals surface area contributed by atoms with Crippen molar-refractivity contribution in [2.75, 3.05) is 7.05 Å². The third-order valence-electron chi connectivity index (χ3n) is 1.51. The van der Waals surface area contributed by atoms with Gasteiger partial charge < -0.3 is 10.3 Å². The highest BCUT2D eigenvalue weighted by molar-refractivity contribution is 5.11. The van der Waals surface area contributed by atoms with Crippen molar-refractivity contribution in [1.29, 1.82) is 0 Å². The average molecular weight is 157 g/mol. The molecule has 1 rings (SSSR count). The molecule has 0 spiro atoms. The third kappa shape index (κ3) is 1.77. The smallest absolute Gasteiger partial charge is 0.133 e. The molecule has 4 heteroatoms. The van der Waals surface area contributed by atoms with Gasteiger partial charge in [0.05, 0.1) is 12.2 Å². The predicted octanol–water partition coefficient (Wildman–Crippen LogP) is 0.907. The van der Waals surface area contributed by atoms with E-state index in [-0.39, 0.29) is 0 Å². The fraction of sp³-hybridized carbons (Fsp3) is 0.571. The zero-order valence-corrected chi connectivity index (χ0v) is 6.74. The van der Waals surface area contributed by atoms with Gasteiger partial charge in [0, 0.05) is 5.69 Å². The maximum Gasteiger partial charge on any atom is 0.133 e. The summed E-state index contributed by atoms with van der Waals surface area (Å²) in [5.41, 5.74) is 1.33. The zero-order valence-electron chi connectivity index (χ0n) is 6.74. The second-order valence-electron chi connectivity index (χ2n) is 2.42. The summed E-state index contributed by atoms with van der Waals surface area (Å²) in [6, 6.07) is 0. The number of imidazole rings is 1. The third-order valence-corrected chi connectivity index (χ3v) is 1.51. The minimum absolute atomic E-state index is 0.494. The van der Waals surface area contributed by atoms with E-state index in [0.717, 1.165) is 11.5 Å². The largest absolute Gasteiger partial charge is 0.345 e. The number of H-pyrrole nitrogens is 1. The van der Waals surface area contributed by atoms with E-state index in [4.69, 9.17) is 0 Å². The molecule has 0 aliphatic heterocycles. The van der Waals surface area contributed by atoms with Crippen LogP contribution in [-0.2, 0) is 13.2 Å². The van der Waals surface area contributed by atoms with Gasteiger partial charge in [0.15, 0.2) is 0 Å². The predicted molar refractivity (Wildman–Crippen MR) is 40.9 cm³/mol. The molecule has 0 unspecified atom stereocenters. The Kier molecular flexibility index (Phi) is 2.59. The Labute approximate surface area is 65.0 Å². The van der Waals surface area contributed by atoms with Crippen LogP contribution in [0.5, 0.6) is 0 Å². The number of aryl methyl sites for hydroxylation is 1. The Morgan fingerprint density at radius 1 is 1.64 bits per heavy atom. The number of nitrogens with zero attached hydrogens (tertiary/aromatic N) is 1. The number of aromatic nitrogens is 2. The molecule has 1 aromatic heterocycles. The van der Waals surface area contributed by atoms with Crippen LogP contribution >= 0.6 is 0 Å². The topological polar surface area (TPSA) is 40.7 Å². The van der Waals surface area contributed by atoms with Crippen LogP contribution in [0.15, 0.2) is 0 Å². The second kappa shape index (κ2) is 3.48. The molecular weight excluding hydrogens is 145 g/mol. The maximum absolute atomic E-state index is 12.1. The lowest BCUT2D eigenvalue weighted by molar-refractivity contribution is 0.475. The molecule has 0 radical (unpaired) electrons. The van der Waals surface area contributed by atoms with Crippen molar-refractivity contribution in [3.05, 3.63) is 17.2 Å². The minimum atomic E-state index is -0.494. The fourth-order valence-electron chi connectivity index (χ4n) is 0.945. The van der Waals surface area contributed by atoms with Crippen LogP contribution in [0.3, 0.4) is 0 Å². The van der Waals surface area contributed by atoms with Crippen LogP contribution in [0, 0.1) is 6.92 Å². The molecule has 1 aromatic rings. The Hall–Kier alpha value is -0.900. The normalized spacial score (nSPS) is 10.5. The lowest BCUT2D eigenvalue weighted by Crippen LogP contribution is -2.06. The Balaban J connectivity index is 2.77. The molecule has 2 N–H and O–H groups in total. The molecule has 62 valence electrons. The number of nitrogens with one attached hydrogen (secondary N) is 2. The second-order valence-corrected chi connectivity index (χ2v) is 2.42. The summed E-state index contributed by atoms with van der Waals surface area (Å²) in [6.45, 7) is 1.98. The quantitative estimate of drug-likeness (QED) is 0.684. The van der Waals surface area contributed by atoms with Crippen molar-refractivity contribution >= 4 is 0 Å².